The molecule has 2 rings (SSSR count). The molecule has 1 atom stereocenters. The predicted molar refractivity (Wildman–Crippen MR) is 81.0 cm³/mol. The summed E-state index contributed by atoms with van der Waals surface area (Å²) in [5, 5.41) is 12.2. The Morgan fingerprint density at radius 3 is 2.24 bits per heavy atom. The van der Waals surface area contributed by atoms with Crippen molar-refractivity contribution in [3.63, 3.8) is 0 Å². The van der Waals surface area contributed by atoms with E-state index >= 15 is 0 Å². The molecule has 0 aromatic rings. The van der Waals surface area contributed by atoms with Gasteiger partial charge in [-0.25, -0.2) is 13.2 Å². The number of rotatable bonds is 5. The van der Waals surface area contributed by atoms with E-state index in [1.165, 1.54) is 4.90 Å². The van der Waals surface area contributed by atoms with Gasteiger partial charge in [0.2, 0.25) is 0 Å². The van der Waals surface area contributed by atoms with Crippen molar-refractivity contribution in [2.75, 3.05) is 25.9 Å². The highest BCUT2D eigenvalue weighted by Crippen LogP contribution is 2.59. The van der Waals surface area contributed by atoms with Gasteiger partial charge in [-0.1, -0.05) is 13.3 Å². The number of carbonyl (C=O) groups is 1. The highest BCUT2D eigenvalue weighted by molar-refractivity contribution is 7.92. The molecule has 122 valence electrons. The van der Waals surface area contributed by atoms with Gasteiger partial charge in [-0.2, -0.15) is 0 Å². The normalized spacial score (nSPS) is 28.4. The Kier molecular flexibility index (Phi) is 4.54. The van der Waals surface area contributed by atoms with Gasteiger partial charge < -0.3 is 15.3 Å². The molecule has 1 spiro atoms. The van der Waals surface area contributed by atoms with Crippen LogP contribution in [-0.4, -0.2) is 55.3 Å². The zero-order valence-electron chi connectivity index (χ0n) is 12.9. The Hall–Kier alpha value is -0.820. The Morgan fingerprint density at radius 2 is 1.86 bits per heavy atom. The first-order chi connectivity index (χ1) is 9.84. The SMILES string of the molecule is CCCCS(=O)(=O)C1(NC)CCC12CCN(C(=O)O)CC2. The number of hydrogen-bond acceptors (Lipinski definition) is 4. The van der Waals surface area contributed by atoms with Gasteiger partial charge in [-0.05, 0) is 39.2 Å². The van der Waals surface area contributed by atoms with Gasteiger partial charge in [0.25, 0.3) is 0 Å². The molecular weight excluding hydrogens is 292 g/mol. The summed E-state index contributed by atoms with van der Waals surface area (Å²) in [5.74, 6) is 0.217. The van der Waals surface area contributed by atoms with Gasteiger partial charge >= 0.3 is 6.09 Å². The van der Waals surface area contributed by atoms with E-state index in [9.17, 15) is 13.2 Å². The standard InChI is InChI=1S/C14H26N2O4S/c1-3-4-11-21(19,20)14(15-2)6-5-13(14)7-9-16(10-8-13)12(17)18/h15H,3-11H2,1-2H3,(H,17,18). The molecular formula is C14H26N2O4S. The summed E-state index contributed by atoms with van der Waals surface area (Å²) in [6.07, 6.45) is 3.40. The van der Waals surface area contributed by atoms with Crippen LogP contribution in [0.1, 0.15) is 45.4 Å². The summed E-state index contributed by atoms with van der Waals surface area (Å²) in [6.45, 7) is 2.85. The highest BCUT2D eigenvalue weighted by atomic mass is 32.2. The number of piperidine rings is 1. The smallest absolute Gasteiger partial charge is 0.407 e. The lowest BCUT2D eigenvalue weighted by Gasteiger charge is -2.61. The molecule has 2 aliphatic rings. The molecule has 1 aliphatic heterocycles. The maximum atomic E-state index is 12.8. The monoisotopic (exact) mass is 318 g/mol. The molecule has 0 aromatic heterocycles. The minimum Gasteiger partial charge on any atom is -0.465 e. The van der Waals surface area contributed by atoms with Crippen LogP contribution in [-0.2, 0) is 9.84 Å². The summed E-state index contributed by atoms with van der Waals surface area (Å²) in [4.78, 5) is 11.6. The maximum absolute atomic E-state index is 12.8. The highest BCUT2D eigenvalue weighted by Gasteiger charge is 2.65. The zero-order chi connectivity index (χ0) is 15.7. The van der Waals surface area contributed by atoms with Crippen LogP contribution in [0.5, 0.6) is 0 Å². The second kappa shape index (κ2) is 5.76. The van der Waals surface area contributed by atoms with Crippen molar-refractivity contribution in [1.29, 1.82) is 0 Å². The number of hydrogen-bond donors (Lipinski definition) is 2. The fourth-order valence-corrected chi connectivity index (χ4v) is 6.73. The van der Waals surface area contributed by atoms with Crippen molar-refractivity contribution in [3.05, 3.63) is 0 Å². The maximum Gasteiger partial charge on any atom is 0.407 e. The summed E-state index contributed by atoms with van der Waals surface area (Å²) in [7, 11) is -1.49. The summed E-state index contributed by atoms with van der Waals surface area (Å²) < 4.78 is 25.6. The first kappa shape index (κ1) is 16.5. The molecule has 1 saturated carbocycles. The number of sulfone groups is 1. The Balaban J connectivity index is 2.20. The molecule has 2 N–H and O–H groups in total. The van der Waals surface area contributed by atoms with E-state index in [0.717, 1.165) is 12.8 Å². The third-order valence-electron chi connectivity index (χ3n) is 5.50. The number of nitrogens with zero attached hydrogens (tertiary/aromatic N) is 1. The van der Waals surface area contributed by atoms with Crippen LogP contribution in [0.15, 0.2) is 0 Å². The lowest BCUT2D eigenvalue weighted by molar-refractivity contribution is -0.0234. The van der Waals surface area contributed by atoms with E-state index in [4.69, 9.17) is 5.11 Å². The number of unbranched alkanes of at least 4 members (excludes halogenated alkanes) is 1. The van der Waals surface area contributed by atoms with Gasteiger partial charge in [0, 0.05) is 18.5 Å². The van der Waals surface area contributed by atoms with E-state index < -0.39 is 20.8 Å². The molecule has 0 bridgehead atoms. The van der Waals surface area contributed by atoms with Crippen LogP contribution in [0.25, 0.3) is 0 Å². The molecule has 1 unspecified atom stereocenters. The summed E-state index contributed by atoms with van der Waals surface area (Å²) in [6, 6.07) is 0. The fourth-order valence-electron chi connectivity index (χ4n) is 4.03. The second-order valence-electron chi connectivity index (χ2n) is 6.30. The topological polar surface area (TPSA) is 86.7 Å². The predicted octanol–water partition coefficient (Wildman–Crippen LogP) is 1.67. The molecule has 1 saturated heterocycles. The van der Waals surface area contributed by atoms with Crippen LogP contribution < -0.4 is 5.32 Å². The minimum absolute atomic E-state index is 0.217. The van der Waals surface area contributed by atoms with Crippen LogP contribution in [0.2, 0.25) is 0 Å². The molecule has 0 aromatic carbocycles. The van der Waals surface area contributed by atoms with Gasteiger partial charge in [-0.3, -0.25) is 0 Å². The number of amides is 1. The van der Waals surface area contributed by atoms with Crippen LogP contribution in [0.4, 0.5) is 4.79 Å². The zero-order valence-corrected chi connectivity index (χ0v) is 13.7. The Labute approximate surface area is 126 Å². The molecule has 7 heteroatoms. The van der Waals surface area contributed by atoms with Crippen molar-refractivity contribution < 1.29 is 18.3 Å². The average Bonchev–Trinajstić information content (AvgIpc) is 2.44. The first-order valence-electron chi connectivity index (χ1n) is 7.73. The van der Waals surface area contributed by atoms with Crippen molar-refractivity contribution >= 4 is 15.9 Å². The van der Waals surface area contributed by atoms with Crippen LogP contribution in [0.3, 0.4) is 0 Å². The molecule has 1 aliphatic carbocycles. The quantitative estimate of drug-likeness (QED) is 0.805. The molecule has 1 heterocycles. The average molecular weight is 318 g/mol. The van der Waals surface area contributed by atoms with Gasteiger partial charge in [0.1, 0.15) is 4.87 Å². The van der Waals surface area contributed by atoms with E-state index in [1.807, 2.05) is 6.92 Å². The van der Waals surface area contributed by atoms with E-state index in [1.54, 1.807) is 7.05 Å². The Morgan fingerprint density at radius 1 is 1.24 bits per heavy atom. The second-order valence-corrected chi connectivity index (χ2v) is 8.63. The number of carboxylic acid groups (broad SMARTS) is 1. The molecule has 2 fully saturated rings. The first-order valence-corrected chi connectivity index (χ1v) is 9.38. The van der Waals surface area contributed by atoms with E-state index in [2.05, 4.69) is 5.32 Å². The van der Waals surface area contributed by atoms with Crippen molar-refractivity contribution in [3.8, 4) is 0 Å². The Bertz CT molecular complexity index is 493. The summed E-state index contributed by atoms with van der Waals surface area (Å²) >= 11 is 0. The lowest BCUT2D eigenvalue weighted by atomic mass is 9.58. The molecule has 1 amide bonds. The fraction of sp³-hybridized carbons (Fsp3) is 0.929. The van der Waals surface area contributed by atoms with E-state index in [-0.39, 0.29) is 11.2 Å². The lowest BCUT2D eigenvalue weighted by Crippen LogP contribution is -2.71. The van der Waals surface area contributed by atoms with E-state index in [0.29, 0.717) is 38.8 Å². The van der Waals surface area contributed by atoms with Crippen LogP contribution >= 0.6 is 0 Å². The van der Waals surface area contributed by atoms with Crippen molar-refractivity contribution in [1.82, 2.24) is 10.2 Å². The number of likely N-dealkylation sites (tertiary alicyclic amines) is 1. The van der Waals surface area contributed by atoms with Crippen LogP contribution in [0, 0.1) is 5.41 Å². The van der Waals surface area contributed by atoms with Gasteiger partial charge in [0.05, 0.1) is 5.75 Å². The summed E-state index contributed by atoms with van der Waals surface area (Å²) in [5.41, 5.74) is -0.291. The van der Waals surface area contributed by atoms with Crippen molar-refractivity contribution in [2.45, 2.75) is 50.3 Å². The third-order valence-corrected chi connectivity index (χ3v) is 8.23. The third kappa shape index (κ3) is 2.44. The molecule has 0 radical (unpaired) electrons. The molecule has 6 nitrogen and oxygen atoms in total. The van der Waals surface area contributed by atoms with Gasteiger partial charge in [-0.15, -0.1) is 0 Å². The van der Waals surface area contributed by atoms with Crippen molar-refractivity contribution in [2.24, 2.45) is 5.41 Å². The largest absolute Gasteiger partial charge is 0.465 e. The van der Waals surface area contributed by atoms with Gasteiger partial charge in [0.15, 0.2) is 9.84 Å². The number of nitrogens with one attached hydrogen (secondary N) is 1. The molecule has 21 heavy (non-hydrogen) atoms. The minimum atomic E-state index is -3.22.